The standard InChI is InChI=1S/C19H27N3O3/c1-4-13-12-22-6-5-14(13)7-16(22)11-20-19(23)21-15-8-17(24-2)10-18(9-15)25-3/h4,8-10,13-14,16H,1,5-7,11-12H2,2-3H3,(H2,20,21,23). The van der Waals surface area contributed by atoms with Crippen LogP contribution in [0.25, 0.3) is 0 Å². The van der Waals surface area contributed by atoms with E-state index in [1.54, 1.807) is 32.4 Å². The molecule has 0 spiro atoms. The largest absolute Gasteiger partial charge is 0.497 e. The molecule has 0 radical (unpaired) electrons. The highest BCUT2D eigenvalue weighted by Crippen LogP contribution is 2.36. The zero-order valence-electron chi connectivity index (χ0n) is 15.0. The average Bonchev–Trinajstić information content (AvgIpc) is 2.66. The Morgan fingerprint density at radius 1 is 1.32 bits per heavy atom. The van der Waals surface area contributed by atoms with Gasteiger partial charge < -0.3 is 20.1 Å². The van der Waals surface area contributed by atoms with E-state index in [4.69, 9.17) is 9.47 Å². The third-order valence-corrected chi connectivity index (χ3v) is 5.34. The number of benzene rings is 1. The van der Waals surface area contributed by atoms with E-state index < -0.39 is 0 Å². The fraction of sp³-hybridized carbons (Fsp3) is 0.526. The Labute approximate surface area is 149 Å². The SMILES string of the molecule is C=CC1CN2CCC1CC2CNC(=O)Nc1cc(OC)cc(OC)c1. The van der Waals surface area contributed by atoms with Crippen LogP contribution in [-0.4, -0.2) is 50.8 Å². The normalized spacial score (nSPS) is 27.4. The van der Waals surface area contributed by atoms with Crippen LogP contribution >= 0.6 is 0 Å². The van der Waals surface area contributed by atoms with Crippen LogP contribution in [0.3, 0.4) is 0 Å². The second-order valence-electron chi connectivity index (χ2n) is 6.77. The lowest BCUT2D eigenvalue weighted by molar-refractivity contribution is 0.0209. The molecule has 4 unspecified atom stereocenters. The predicted molar refractivity (Wildman–Crippen MR) is 98.3 cm³/mol. The van der Waals surface area contributed by atoms with E-state index >= 15 is 0 Å². The maximum absolute atomic E-state index is 12.2. The topological polar surface area (TPSA) is 62.8 Å². The molecule has 2 bridgehead atoms. The highest BCUT2D eigenvalue weighted by atomic mass is 16.5. The summed E-state index contributed by atoms with van der Waals surface area (Å²) in [6, 6.07) is 5.51. The number of nitrogens with one attached hydrogen (secondary N) is 2. The van der Waals surface area contributed by atoms with Gasteiger partial charge in [0.15, 0.2) is 0 Å². The summed E-state index contributed by atoms with van der Waals surface area (Å²) < 4.78 is 10.4. The van der Waals surface area contributed by atoms with Crippen LogP contribution in [0.4, 0.5) is 10.5 Å². The minimum atomic E-state index is -0.210. The third-order valence-electron chi connectivity index (χ3n) is 5.34. The van der Waals surface area contributed by atoms with E-state index in [1.807, 2.05) is 0 Å². The van der Waals surface area contributed by atoms with Crippen molar-refractivity contribution in [1.29, 1.82) is 0 Å². The molecular formula is C19H27N3O3. The molecule has 4 atom stereocenters. The Morgan fingerprint density at radius 2 is 2.04 bits per heavy atom. The number of rotatable bonds is 6. The van der Waals surface area contributed by atoms with Crippen molar-refractivity contribution in [2.75, 3.05) is 39.2 Å². The molecule has 3 aliphatic heterocycles. The smallest absolute Gasteiger partial charge is 0.319 e. The van der Waals surface area contributed by atoms with Crippen molar-refractivity contribution in [3.8, 4) is 11.5 Å². The van der Waals surface area contributed by atoms with Crippen molar-refractivity contribution in [1.82, 2.24) is 10.2 Å². The molecule has 3 aliphatic rings. The molecule has 0 saturated carbocycles. The molecule has 3 fully saturated rings. The number of hydrogen-bond acceptors (Lipinski definition) is 4. The molecule has 0 aliphatic carbocycles. The predicted octanol–water partition coefficient (Wildman–Crippen LogP) is 2.72. The molecule has 1 aromatic rings. The van der Waals surface area contributed by atoms with Gasteiger partial charge in [0.1, 0.15) is 11.5 Å². The molecule has 0 aromatic heterocycles. The van der Waals surface area contributed by atoms with E-state index in [-0.39, 0.29) is 6.03 Å². The summed E-state index contributed by atoms with van der Waals surface area (Å²) in [6.45, 7) is 6.80. The number of hydrogen-bond donors (Lipinski definition) is 2. The summed E-state index contributed by atoms with van der Waals surface area (Å²) >= 11 is 0. The highest BCUT2D eigenvalue weighted by molar-refractivity contribution is 5.89. The van der Waals surface area contributed by atoms with Crippen LogP contribution in [0, 0.1) is 11.8 Å². The third kappa shape index (κ3) is 4.07. The molecule has 3 heterocycles. The van der Waals surface area contributed by atoms with Gasteiger partial charge in [-0.15, -0.1) is 6.58 Å². The number of anilines is 1. The Kier molecular flexibility index (Phi) is 5.48. The number of carbonyl (C=O) groups excluding carboxylic acids is 1. The second kappa shape index (κ2) is 7.78. The van der Waals surface area contributed by atoms with Gasteiger partial charge in [0.2, 0.25) is 0 Å². The number of fused-ring (bicyclic) bond motifs is 3. The van der Waals surface area contributed by atoms with Crippen LogP contribution in [0.1, 0.15) is 12.8 Å². The van der Waals surface area contributed by atoms with Gasteiger partial charge in [-0.05, 0) is 31.2 Å². The fourth-order valence-corrected chi connectivity index (χ4v) is 3.92. The van der Waals surface area contributed by atoms with E-state index in [0.717, 1.165) is 19.5 Å². The number of amides is 2. The number of carbonyl (C=O) groups is 1. The van der Waals surface area contributed by atoms with Gasteiger partial charge in [-0.3, -0.25) is 4.90 Å². The Bertz CT molecular complexity index is 612. The molecular weight excluding hydrogens is 318 g/mol. The van der Waals surface area contributed by atoms with Crippen LogP contribution in [0.2, 0.25) is 0 Å². The lowest BCUT2D eigenvalue weighted by Crippen LogP contribution is -2.56. The van der Waals surface area contributed by atoms with Crippen molar-refractivity contribution in [3.05, 3.63) is 30.9 Å². The van der Waals surface area contributed by atoms with Crippen LogP contribution < -0.4 is 20.1 Å². The summed E-state index contributed by atoms with van der Waals surface area (Å²) in [7, 11) is 3.17. The number of ether oxygens (including phenoxy) is 2. The summed E-state index contributed by atoms with van der Waals surface area (Å²) in [6.07, 6.45) is 4.45. The van der Waals surface area contributed by atoms with Crippen LogP contribution in [0.15, 0.2) is 30.9 Å². The molecule has 2 N–H and O–H groups in total. The first-order valence-electron chi connectivity index (χ1n) is 8.77. The van der Waals surface area contributed by atoms with E-state index in [1.165, 1.54) is 6.42 Å². The van der Waals surface area contributed by atoms with E-state index in [2.05, 4.69) is 28.2 Å². The maximum Gasteiger partial charge on any atom is 0.319 e. The Hall–Kier alpha value is -2.21. The van der Waals surface area contributed by atoms with Crippen molar-refractivity contribution in [2.45, 2.75) is 18.9 Å². The molecule has 4 rings (SSSR count). The second-order valence-corrected chi connectivity index (χ2v) is 6.77. The molecule has 3 saturated heterocycles. The monoisotopic (exact) mass is 345 g/mol. The number of urea groups is 1. The van der Waals surface area contributed by atoms with Crippen LogP contribution in [0.5, 0.6) is 11.5 Å². The zero-order chi connectivity index (χ0) is 17.8. The molecule has 2 amide bonds. The number of methoxy groups -OCH3 is 2. The van der Waals surface area contributed by atoms with Crippen molar-refractivity contribution < 1.29 is 14.3 Å². The Balaban J connectivity index is 1.53. The quantitative estimate of drug-likeness (QED) is 0.778. The molecule has 25 heavy (non-hydrogen) atoms. The fourth-order valence-electron chi connectivity index (χ4n) is 3.92. The molecule has 1 aromatic carbocycles. The van der Waals surface area contributed by atoms with Crippen molar-refractivity contribution in [2.24, 2.45) is 11.8 Å². The molecule has 6 heteroatoms. The maximum atomic E-state index is 12.2. The first kappa shape index (κ1) is 17.6. The number of nitrogens with zero attached hydrogens (tertiary/aromatic N) is 1. The summed E-state index contributed by atoms with van der Waals surface area (Å²) in [4.78, 5) is 14.7. The minimum Gasteiger partial charge on any atom is -0.497 e. The number of piperidine rings is 3. The van der Waals surface area contributed by atoms with Crippen molar-refractivity contribution in [3.63, 3.8) is 0 Å². The van der Waals surface area contributed by atoms with Gasteiger partial charge in [0.05, 0.1) is 14.2 Å². The van der Waals surface area contributed by atoms with Gasteiger partial charge in [-0.2, -0.15) is 0 Å². The first-order chi connectivity index (χ1) is 12.1. The van der Waals surface area contributed by atoms with Gasteiger partial charge in [-0.1, -0.05) is 6.08 Å². The average molecular weight is 345 g/mol. The minimum absolute atomic E-state index is 0.210. The Morgan fingerprint density at radius 3 is 2.60 bits per heavy atom. The highest BCUT2D eigenvalue weighted by Gasteiger charge is 2.38. The van der Waals surface area contributed by atoms with E-state index in [9.17, 15) is 4.79 Å². The first-order valence-corrected chi connectivity index (χ1v) is 8.77. The summed E-state index contributed by atoms with van der Waals surface area (Å²) in [5.74, 6) is 2.59. The van der Waals surface area contributed by atoms with Gasteiger partial charge in [0, 0.05) is 43.0 Å². The lowest BCUT2D eigenvalue weighted by Gasteiger charge is -2.49. The summed E-state index contributed by atoms with van der Waals surface area (Å²) in [5.41, 5.74) is 0.644. The zero-order valence-corrected chi connectivity index (χ0v) is 15.0. The van der Waals surface area contributed by atoms with Gasteiger partial charge >= 0.3 is 6.03 Å². The molecule has 136 valence electrons. The summed E-state index contributed by atoms with van der Waals surface area (Å²) in [5, 5.41) is 5.84. The lowest BCUT2D eigenvalue weighted by atomic mass is 9.75. The van der Waals surface area contributed by atoms with Gasteiger partial charge in [-0.25, -0.2) is 4.79 Å². The van der Waals surface area contributed by atoms with Crippen molar-refractivity contribution >= 4 is 11.7 Å². The van der Waals surface area contributed by atoms with E-state index in [0.29, 0.717) is 41.6 Å². The molecule has 6 nitrogen and oxygen atoms in total. The van der Waals surface area contributed by atoms with Gasteiger partial charge in [0.25, 0.3) is 0 Å². The van der Waals surface area contributed by atoms with Crippen LogP contribution in [-0.2, 0) is 0 Å².